The highest BCUT2D eigenvalue weighted by Gasteiger charge is 2.19. The highest BCUT2D eigenvalue weighted by atomic mass is 32.1. The monoisotopic (exact) mass is 554 g/mol. The van der Waals surface area contributed by atoms with Crippen molar-refractivity contribution in [2.75, 3.05) is 0 Å². The Morgan fingerprint density at radius 2 is 1.14 bits per heavy atom. The molecule has 0 N–H and O–H groups in total. The fourth-order valence-corrected chi connectivity index (χ4v) is 7.22. The van der Waals surface area contributed by atoms with Crippen LogP contribution >= 0.6 is 11.3 Å². The zero-order chi connectivity index (χ0) is 27.6. The third-order valence-electron chi connectivity index (χ3n) is 8.05. The number of nitrogens with zero attached hydrogens (tertiary/aromatic N) is 4. The normalized spacial score (nSPS) is 11.8. The zero-order valence-corrected chi connectivity index (χ0v) is 23.2. The maximum absolute atomic E-state index is 5.17. The summed E-state index contributed by atoms with van der Waals surface area (Å²) in [6, 6.07) is 46.7. The fourth-order valence-electron chi connectivity index (χ4n) is 6.13. The van der Waals surface area contributed by atoms with Gasteiger partial charge in [-0.3, -0.25) is 4.57 Å². The van der Waals surface area contributed by atoms with Gasteiger partial charge in [-0.05, 0) is 47.2 Å². The van der Waals surface area contributed by atoms with E-state index < -0.39 is 0 Å². The van der Waals surface area contributed by atoms with Gasteiger partial charge in [0, 0.05) is 42.1 Å². The minimum Gasteiger partial charge on any atom is -0.278 e. The van der Waals surface area contributed by atoms with Crippen LogP contribution in [0, 0.1) is 0 Å². The molecule has 0 aliphatic rings. The molecule has 9 aromatic rings. The van der Waals surface area contributed by atoms with Crippen molar-refractivity contribution < 1.29 is 0 Å². The fraction of sp³-hybridized carbons (Fsp3) is 0. The van der Waals surface area contributed by atoms with E-state index in [2.05, 4.69) is 120 Å². The predicted octanol–water partition coefficient (Wildman–Crippen LogP) is 9.82. The Labute approximate surface area is 245 Å². The number of thiophene rings is 1. The topological polar surface area (TPSA) is 43.6 Å². The molecule has 5 heteroatoms. The number of aromatic nitrogens is 4. The van der Waals surface area contributed by atoms with Gasteiger partial charge in [-0.2, -0.15) is 9.97 Å². The Morgan fingerprint density at radius 3 is 2.02 bits per heavy atom. The molecular weight excluding hydrogens is 533 g/mol. The molecule has 0 bridgehead atoms. The van der Waals surface area contributed by atoms with Gasteiger partial charge in [0.05, 0.1) is 11.0 Å². The van der Waals surface area contributed by atoms with Crippen molar-refractivity contribution in [3.8, 4) is 28.7 Å². The van der Waals surface area contributed by atoms with Crippen LogP contribution in [0.3, 0.4) is 0 Å². The number of fused-ring (bicyclic) bond motifs is 8. The van der Waals surface area contributed by atoms with Crippen molar-refractivity contribution in [3.63, 3.8) is 0 Å². The Morgan fingerprint density at radius 1 is 0.452 bits per heavy atom. The molecule has 42 heavy (non-hydrogen) atoms. The molecule has 6 aromatic carbocycles. The first-order valence-electron chi connectivity index (χ1n) is 14.0. The quantitative estimate of drug-likeness (QED) is 0.218. The second-order valence-electron chi connectivity index (χ2n) is 10.5. The van der Waals surface area contributed by atoms with E-state index in [0.717, 1.165) is 22.2 Å². The van der Waals surface area contributed by atoms with Crippen LogP contribution in [0.2, 0.25) is 0 Å². The lowest BCUT2D eigenvalue weighted by Gasteiger charge is -2.11. The van der Waals surface area contributed by atoms with Crippen molar-refractivity contribution in [2.45, 2.75) is 0 Å². The standard InChI is InChI=1S/C37H22N4S/c1-2-11-24(12-3-1)35-38-36(25-19-21-33-29(22-25)27-14-7-9-17-32(27)42-33)40-37(39-35)41-30-16-8-6-15-28(30)34-26-13-5-4-10-23(26)18-20-31(34)41/h1-22H. The molecule has 3 aromatic heterocycles. The second kappa shape index (κ2) is 9.06. The van der Waals surface area contributed by atoms with E-state index >= 15 is 0 Å². The molecule has 0 unspecified atom stereocenters. The third kappa shape index (κ3) is 3.51. The molecule has 0 aliphatic carbocycles. The average Bonchev–Trinajstić information content (AvgIpc) is 3.60. The Bertz CT molecular complexity index is 2470. The summed E-state index contributed by atoms with van der Waals surface area (Å²) in [5.41, 5.74) is 4.07. The van der Waals surface area contributed by atoms with Crippen LogP contribution in [0.1, 0.15) is 0 Å². The van der Waals surface area contributed by atoms with E-state index in [0.29, 0.717) is 17.6 Å². The minimum absolute atomic E-state index is 0.607. The van der Waals surface area contributed by atoms with Crippen LogP contribution in [0.25, 0.3) is 81.5 Å². The van der Waals surface area contributed by atoms with Crippen molar-refractivity contribution in [1.82, 2.24) is 19.5 Å². The van der Waals surface area contributed by atoms with E-state index in [9.17, 15) is 0 Å². The SMILES string of the molecule is c1ccc(-c2nc(-c3ccc4sc5ccccc5c4c3)nc(-n3c4ccccc4c4c5ccccc5ccc43)n2)cc1. The molecule has 196 valence electrons. The van der Waals surface area contributed by atoms with Gasteiger partial charge >= 0.3 is 0 Å². The largest absolute Gasteiger partial charge is 0.278 e. The zero-order valence-electron chi connectivity index (χ0n) is 22.4. The smallest absolute Gasteiger partial charge is 0.238 e. The molecule has 0 saturated carbocycles. The number of hydrogen-bond acceptors (Lipinski definition) is 4. The molecule has 0 saturated heterocycles. The molecule has 0 fully saturated rings. The molecule has 4 nitrogen and oxygen atoms in total. The van der Waals surface area contributed by atoms with E-state index in [4.69, 9.17) is 15.0 Å². The summed E-state index contributed by atoms with van der Waals surface area (Å²) in [5, 5.41) is 7.30. The molecule has 0 aliphatic heterocycles. The van der Waals surface area contributed by atoms with Crippen LogP contribution in [0.5, 0.6) is 0 Å². The Balaban J connectivity index is 1.36. The summed E-state index contributed by atoms with van der Waals surface area (Å²) in [6.07, 6.45) is 0. The van der Waals surface area contributed by atoms with Crippen LogP contribution in [-0.2, 0) is 0 Å². The lowest BCUT2D eigenvalue weighted by atomic mass is 10.0. The Hall–Kier alpha value is -5.39. The third-order valence-corrected chi connectivity index (χ3v) is 9.20. The average molecular weight is 555 g/mol. The highest BCUT2D eigenvalue weighted by Crippen LogP contribution is 2.38. The molecule has 9 rings (SSSR count). The summed E-state index contributed by atoms with van der Waals surface area (Å²) in [5.74, 6) is 1.91. The van der Waals surface area contributed by atoms with Crippen LogP contribution in [-0.4, -0.2) is 19.5 Å². The predicted molar refractivity (Wildman–Crippen MR) is 175 cm³/mol. The first kappa shape index (κ1) is 23.3. The van der Waals surface area contributed by atoms with Crippen molar-refractivity contribution in [2.24, 2.45) is 0 Å². The number of hydrogen-bond donors (Lipinski definition) is 0. The lowest BCUT2D eigenvalue weighted by molar-refractivity contribution is 0.954. The van der Waals surface area contributed by atoms with Gasteiger partial charge in [-0.1, -0.05) is 97.1 Å². The summed E-state index contributed by atoms with van der Waals surface area (Å²) < 4.78 is 4.73. The Kier molecular flexibility index (Phi) is 5.03. The summed E-state index contributed by atoms with van der Waals surface area (Å²) in [4.78, 5) is 15.3. The van der Waals surface area contributed by atoms with Gasteiger partial charge in [0.15, 0.2) is 11.6 Å². The molecule has 3 heterocycles. The maximum Gasteiger partial charge on any atom is 0.238 e. The molecule has 0 radical (unpaired) electrons. The van der Waals surface area contributed by atoms with Gasteiger partial charge in [-0.15, -0.1) is 11.3 Å². The van der Waals surface area contributed by atoms with E-state index in [1.165, 1.54) is 41.7 Å². The second-order valence-corrected chi connectivity index (χ2v) is 11.6. The van der Waals surface area contributed by atoms with Crippen molar-refractivity contribution in [1.29, 1.82) is 0 Å². The summed E-state index contributed by atoms with van der Waals surface area (Å²) >= 11 is 1.81. The van der Waals surface area contributed by atoms with E-state index in [1.54, 1.807) is 0 Å². The highest BCUT2D eigenvalue weighted by molar-refractivity contribution is 7.25. The number of benzene rings is 6. The van der Waals surface area contributed by atoms with Crippen molar-refractivity contribution in [3.05, 3.63) is 133 Å². The van der Waals surface area contributed by atoms with E-state index in [-0.39, 0.29) is 0 Å². The van der Waals surface area contributed by atoms with Crippen LogP contribution in [0.15, 0.2) is 133 Å². The van der Waals surface area contributed by atoms with Crippen LogP contribution < -0.4 is 0 Å². The lowest BCUT2D eigenvalue weighted by Crippen LogP contribution is -2.06. The van der Waals surface area contributed by atoms with Gasteiger partial charge < -0.3 is 0 Å². The molecule has 0 atom stereocenters. The van der Waals surface area contributed by atoms with Gasteiger partial charge in [0.25, 0.3) is 0 Å². The van der Waals surface area contributed by atoms with E-state index in [1.807, 2.05) is 29.5 Å². The molecule has 0 amide bonds. The van der Waals surface area contributed by atoms with Gasteiger partial charge in [-0.25, -0.2) is 4.98 Å². The first-order valence-corrected chi connectivity index (χ1v) is 14.8. The summed E-state index contributed by atoms with van der Waals surface area (Å²) in [7, 11) is 0. The number of rotatable bonds is 3. The van der Waals surface area contributed by atoms with Gasteiger partial charge in [0.1, 0.15) is 0 Å². The van der Waals surface area contributed by atoms with Gasteiger partial charge in [0.2, 0.25) is 5.95 Å². The van der Waals surface area contributed by atoms with Crippen LogP contribution in [0.4, 0.5) is 0 Å². The summed E-state index contributed by atoms with van der Waals surface area (Å²) in [6.45, 7) is 0. The first-order chi connectivity index (χ1) is 20.8. The maximum atomic E-state index is 5.17. The molecular formula is C37H22N4S. The van der Waals surface area contributed by atoms with Crippen molar-refractivity contribution >= 4 is 64.1 Å². The molecule has 0 spiro atoms. The number of para-hydroxylation sites is 1. The minimum atomic E-state index is 0.607.